The van der Waals surface area contributed by atoms with Crippen LogP contribution in [0, 0.1) is 0 Å². The van der Waals surface area contributed by atoms with E-state index in [9.17, 15) is 14.7 Å². The molecule has 1 heterocycles. The molecule has 0 saturated carbocycles. The smallest absolute Gasteiger partial charge is 0.329 e. The summed E-state index contributed by atoms with van der Waals surface area (Å²) in [5.41, 5.74) is 1.10. The summed E-state index contributed by atoms with van der Waals surface area (Å²) >= 11 is 0. The number of ether oxygens (including phenoxy) is 1. The number of carbonyl (C=O) groups excluding carboxylic acids is 1. The Morgan fingerprint density at radius 2 is 1.88 bits per heavy atom. The number of hydrogen-bond donors (Lipinski definition) is 2. The van der Waals surface area contributed by atoms with Gasteiger partial charge in [-0.05, 0) is 17.0 Å². The van der Waals surface area contributed by atoms with E-state index in [1.165, 1.54) is 5.56 Å². The maximum absolute atomic E-state index is 12.1. The molecule has 5 heteroatoms. The highest BCUT2D eigenvalue weighted by molar-refractivity contribution is 5.88. The van der Waals surface area contributed by atoms with Crippen molar-refractivity contribution in [3.8, 4) is 0 Å². The maximum atomic E-state index is 12.1. The first-order valence-electron chi connectivity index (χ1n) is 8.31. The molecule has 24 heavy (non-hydrogen) atoms. The molecule has 0 atom stereocenters. The van der Waals surface area contributed by atoms with Crippen LogP contribution in [0.5, 0.6) is 0 Å². The first-order chi connectivity index (χ1) is 11.4. The van der Waals surface area contributed by atoms with Crippen molar-refractivity contribution in [2.75, 3.05) is 13.2 Å². The van der Waals surface area contributed by atoms with Gasteiger partial charge in [-0.3, -0.25) is 4.79 Å². The third-order valence-electron chi connectivity index (χ3n) is 4.35. The Morgan fingerprint density at radius 1 is 1.25 bits per heavy atom. The SMILES string of the molecule is CC(C)c1ccc(/C=C/CC(=O)NC2(C(=O)O)CCOCC2)cc1. The molecular formula is C19H25NO4. The number of hydrogen-bond acceptors (Lipinski definition) is 3. The molecule has 1 amide bonds. The second-order valence-corrected chi connectivity index (χ2v) is 6.48. The fourth-order valence-electron chi connectivity index (χ4n) is 2.72. The van der Waals surface area contributed by atoms with E-state index < -0.39 is 11.5 Å². The van der Waals surface area contributed by atoms with Gasteiger partial charge < -0.3 is 15.2 Å². The Balaban J connectivity index is 1.91. The lowest BCUT2D eigenvalue weighted by Gasteiger charge is -2.33. The Labute approximate surface area is 142 Å². The lowest BCUT2D eigenvalue weighted by atomic mass is 9.90. The molecule has 0 aromatic heterocycles. The second kappa shape index (κ2) is 8.11. The van der Waals surface area contributed by atoms with Crippen molar-refractivity contribution in [2.24, 2.45) is 0 Å². The number of nitrogens with one attached hydrogen (secondary N) is 1. The number of carbonyl (C=O) groups is 2. The summed E-state index contributed by atoms with van der Waals surface area (Å²) in [4.78, 5) is 23.6. The van der Waals surface area contributed by atoms with Crippen LogP contribution < -0.4 is 5.32 Å². The molecule has 2 rings (SSSR count). The van der Waals surface area contributed by atoms with E-state index in [0.29, 0.717) is 32.0 Å². The highest BCUT2D eigenvalue weighted by Gasteiger charge is 2.41. The van der Waals surface area contributed by atoms with Gasteiger partial charge in [-0.2, -0.15) is 0 Å². The van der Waals surface area contributed by atoms with Crippen molar-refractivity contribution in [1.29, 1.82) is 0 Å². The molecule has 0 radical (unpaired) electrons. The fraction of sp³-hybridized carbons (Fsp3) is 0.474. The third kappa shape index (κ3) is 4.68. The van der Waals surface area contributed by atoms with Crippen LogP contribution in [0.15, 0.2) is 30.3 Å². The van der Waals surface area contributed by atoms with Gasteiger partial charge in [0, 0.05) is 32.5 Å². The van der Waals surface area contributed by atoms with E-state index in [-0.39, 0.29) is 12.3 Å². The van der Waals surface area contributed by atoms with Gasteiger partial charge >= 0.3 is 5.97 Å². The summed E-state index contributed by atoms with van der Waals surface area (Å²) in [6, 6.07) is 8.18. The van der Waals surface area contributed by atoms with Crippen molar-refractivity contribution < 1.29 is 19.4 Å². The average Bonchev–Trinajstić information content (AvgIpc) is 2.56. The van der Waals surface area contributed by atoms with Crippen LogP contribution in [0.3, 0.4) is 0 Å². The van der Waals surface area contributed by atoms with E-state index in [2.05, 4.69) is 31.3 Å². The zero-order valence-electron chi connectivity index (χ0n) is 14.2. The number of amides is 1. The molecule has 0 bridgehead atoms. The van der Waals surface area contributed by atoms with E-state index >= 15 is 0 Å². The standard InChI is InChI=1S/C19H25NO4/c1-14(2)16-8-6-15(7-9-16)4-3-5-17(21)20-19(18(22)23)10-12-24-13-11-19/h3-4,6-9,14H,5,10-13H2,1-2H3,(H,20,21)(H,22,23)/b4-3+. The highest BCUT2D eigenvalue weighted by Crippen LogP contribution is 2.21. The van der Waals surface area contributed by atoms with E-state index in [1.807, 2.05) is 18.2 Å². The van der Waals surface area contributed by atoms with Crippen LogP contribution in [-0.4, -0.2) is 35.7 Å². The molecule has 2 N–H and O–H groups in total. The molecule has 0 aliphatic carbocycles. The monoisotopic (exact) mass is 331 g/mol. The molecule has 1 aromatic carbocycles. The molecule has 0 unspecified atom stereocenters. The van der Waals surface area contributed by atoms with Gasteiger partial charge in [0.05, 0.1) is 0 Å². The minimum absolute atomic E-state index is 0.155. The van der Waals surface area contributed by atoms with Gasteiger partial charge in [-0.25, -0.2) is 4.79 Å². The van der Waals surface area contributed by atoms with Crippen molar-refractivity contribution in [1.82, 2.24) is 5.32 Å². The van der Waals surface area contributed by atoms with Crippen LogP contribution in [0.2, 0.25) is 0 Å². The topological polar surface area (TPSA) is 75.6 Å². The molecule has 1 aliphatic rings. The predicted molar refractivity (Wildman–Crippen MR) is 92.7 cm³/mol. The zero-order chi connectivity index (χ0) is 17.6. The van der Waals surface area contributed by atoms with Crippen LogP contribution in [0.1, 0.15) is 50.2 Å². The predicted octanol–water partition coefficient (Wildman–Crippen LogP) is 2.96. The van der Waals surface area contributed by atoms with Crippen LogP contribution >= 0.6 is 0 Å². The summed E-state index contributed by atoms with van der Waals surface area (Å²) in [7, 11) is 0. The highest BCUT2D eigenvalue weighted by atomic mass is 16.5. The van der Waals surface area contributed by atoms with Crippen molar-refractivity contribution >= 4 is 18.0 Å². The molecule has 1 saturated heterocycles. The summed E-state index contributed by atoms with van der Waals surface area (Å²) in [6.45, 7) is 4.99. The van der Waals surface area contributed by atoms with Gasteiger partial charge in [0.1, 0.15) is 5.54 Å². The average molecular weight is 331 g/mol. The molecule has 130 valence electrons. The van der Waals surface area contributed by atoms with Crippen LogP contribution in [-0.2, 0) is 14.3 Å². The number of aliphatic carboxylic acids is 1. The van der Waals surface area contributed by atoms with Gasteiger partial charge in [-0.15, -0.1) is 0 Å². The Kier molecular flexibility index (Phi) is 6.15. The van der Waals surface area contributed by atoms with Gasteiger partial charge in [-0.1, -0.05) is 50.3 Å². The first kappa shape index (κ1) is 18.2. The molecule has 5 nitrogen and oxygen atoms in total. The van der Waals surface area contributed by atoms with Gasteiger partial charge in [0.15, 0.2) is 0 Å². The van der Waals surface area contributed by atoms with Crippen LogP contribution in [0.25, 0.3) is 6.08 Å². The van der Waals surface area contributed by atoms with Gasteiger partial charge in [0.25, 0.3) is 0 Å². The van der Waals surface area contributed by atoms with Crippen molar-refractivity contribution in [3.05, 3.63) is 41.5 Å². The Morgan fingerprint density at radius 3 is 2.42 bits per heavy atom. The lowest BCUT2D eigenvalue weighted by molar-refractivity contribution is -0.152. The summed E-state index contributed by atoms with van der Waals surface area (Å²) in [6.07, 6.45) is 4.39. The number of carboxylic acid groups (broad SMARTS) is 1. The maximum Gasteiger partial charge on any atom is 0.329 e. The van der Waals surface area contributed by atoms with Crippen LogP contribution in [0.4, 0.5) is 0 Å². The molecule has 1 aromatic rings. The molecule has 0 spiro atoms. The van der Waals surface area contributed by atoms with E-state index in [1.54, 1.807) is 6.08 Å². The lowest BCUT2D eigenvalue weighted by Crippen LogP contribution is -2.57. The third-order valence-corrected chi connectivity index (χ3v) is 4.35. The quantitative estimate of drug-likeness (QED) is 0.840. The normalized spacial score (nSPS) is 17.1. The largest absolute Gasteiger partial charge is 0.480 e. The van der Waals surface area contributed by atoms with E-state index in [0.717, 1.165) is 5.56 Å². The fourth-order valence-corrected chi connectivity index (χ4v) is 2.72. The van der Waals surface area contributed by atoms with Gasteiger partial charge in [0.2, 0.25) is 5.91 Å². The Hall–Kier alpha value is -2.14. The summed E-state index contributed by atoms with van der Waals surface area (Å²) < 4.78 is 5.19. The van der Waals surface area contributed by atoms with E-state index in [4.69, 9.17) is 4.74 Å². The molecule has 1 aliphatic heterocycles. The van der Waals surface area contributed by atoms with Crippen molar-refractivity contribution in [3.63, 3.8) is 0 Å². The Bertz CT molecular complexity index is 598. The first-order valence-corrected chi connectivity index (χ1v) is 8.31. The summed E-state index contributed by atoms with van der Waals surface area (Å²) in [5.74, 6) is -0.790. The number of benzene rings is 1. The molecule has 1 fully saturated rings. The van der Waals surface area contributed by atoms with Crippen molar-refractivity contribution in [2.45, 2.75) is 44.6 Å². The second-order valence-electron chi connectivity index (χ2n) is 6.48. The molecular weight excluding hydrogens is 306 g/mol. The summed E-state index contributed by atoms with van der Waals surface area (Å²) in [5, 5.41) is 12.1. The number of carboxylic acids is 1. The minimum atomic E-state index is -1.19. The number of rotatable bonds is 6. The zero-order valence-corrected chi connectivity index (χ0v) is 14.2. The minimum Gasteiger partial charge on any atom is -0.480 e.